The molecule has 1 aromatic rings. The molecule has 0 amide bonds. The topological polar surface area (TPSA) is 47.6 Å². The second kappa shape index (κ2) is 4.53. The Labute approximate surface area is 98.8 Å². The molecule has 1 N–H and O–H groups in total. The Balaban J connectivity index is 2.18. The van der Waals surface area contributed by atoms with Crippen molar-refractivity contribution in [1.82, 2.24) is 5.32 Å². The van der Waals surface area contributed by atoms with Crippen LogP contribution in [0.3, 0.4) is 0 Å². The maximum Gasteiger partial charge on any atom is 0.231 e. The van der Waals surface area contributed by atoms with Gasteiger partial charge in [-0.15, -0.1) is 0 Å². The second-order valence-corrected chi connectivity index (χ2v) is 3.54. The molecule has 0 spiro atoms. The van der Waals surface area contributed by atoms with Gasteiger partial charge >= 0.3 is 0 Å². The summed E-state index contributed by atoms with van der Waals surface area (Å²) in [6.07, 6.45) is 0.395. The number of hydrogen-bond acceptors (Lipinski definition) is 4. The first-order valence-corrected chi connectivity index (χ1v) is 5.12. The zero-order chi connectivity index (χ0) is 14.0. The smallest absolute Gasteiger partial charge is 0.231 e. The van der Waals surface area contributed by atoms with E-state index in [0.29, 0.717) is 23.5 Å². The van der Waals surface area contributed by atoms with Crippen LogP contribution in [0.5, 0.6) is 11.5 Å². The molecule has 4 heteroatoms. The average molecular weight is 224 g/mol. The molecule has 2 rings (SSSR count). The van der Waals surface area contributed by atoms with E-state index in [1.165, 1.54) is 0 Å². The molecule has 0 aromatic heterocycles. The normalized spacial score (nSPS) is 18.4. The van der Waals surface area contributed by atoms with Gasteiger partial charge in [0.15, 0.2) is 17.3 Å². The summed E-state index contributed by atoms with van der Waals surface area (Å²) in [4.78, 5) is 12.2. The quantitative estimate of drug-likeness (QED) is 0.789. The minimum Gasteiger partial charge on any atom is -0.454 e. The Morgan fingerprint density at radius 2 is 2.38 bits per heavy atom. The average Bonchev–Trinajstić information content (AvgIpc) is 2.81. The highest BCUT2D eigenvalue weighted by molar-refractivity contribution is 6.00. The predicted molar refractivity (Wildman–Crippen MR) is 60.0 cm³/mol. The van der Waals surface area contributed by atoms with Gasteiger partial charge in [0.1, 0.15) is 0 Å². The van der Waals surface area contributed by atoms with Crippen molar-refractivity contribution in [2.75, 3.05) is 13.8 Å². The minimum atomic E-state index is -2.34. The first-order chi connectivity index (χ1) is 8.90. The summed E-state index contributed by atoms with van der Waals surface area (Å²) in [5.41, 5.74) is 0.410. The summed E-state index contributed by atoms with van der Waals surface area (Å²) in [6.45, 7) is -0.446. The van der Waals surface area contributed by atoms with Gasteiger partial charge in [-0.3, -0.25) is 4.79 Å². The molecule has 86 valence electrons. The van der Waals surface area contributed by atoms with Gasteiger partial charge in [-0.1, -0.05) is 6.92 Å². The van der Waals surface area contributed by atoms with Crippen molar-refractivity contribution in [3.05, 3.63) is 23.8 Å². The van der Waals surface area contributed by atoms with Crippen LogP contribution in [0.4, 0.5) is 0 Å². The molecular formula is C12H15NO3. The Morgan fingerprint density at radius 3 is 3.12 bits per heavy atom. The Bertz CT molecular complexity index is 488. The maximum absolute atomic E-state index is 12.2. The van der Waals surface area contributed by atoms with E-state index in [4.69, 9.17) is 13.6 Å². The summed E-state index contributed by atoms with van der Waals surface area (Å²) in [7, 11) is 0. The highest BCUT2D eigenvalue weighted by Gasteiger charge is 2.20. The maximum atomic E-state index is 12.2. The van der Waals surface area contributed by atoms with Crippen molar-refractivity contribution in [3.8, 4) is 11.5 Å². The molecule has 0 fully saturated rings. The van der Waals surface area contributed by atoms with Crippen molar-refractivity contribution in [3.63, 3.8) is 0 Å². The summed E-state index contributed by atoms with van der Waals surface area (Å²) >= 11 is 0. The fraction of sp³-hybridized carbons (Fsp3) is 0.417. The summed E-state index contributed by atoms with van der Waals surface area (Å²) < 4.78 is 31.9. The van der Waals surface area contributed by atoms with E-state index in [1.807, 2.05) is 0 Å². The number of carbonyl (C=O) groups is 1. The summed E-state index contributed by atoms with van der Waals surface area (Å²) in [5, 5.41) is 2.35. The lowest BCUT2D eigenvalue weighted by molar-refractivity contribution is 0.0944. The van der Waals surface area contributed by atoms with Crippen LogP contribution in [0.2, 0.25) is 0 Å². The van der Waals surface area contributed by atoms with Crippen LogP contribution in [0.15, 0.2) is 18.2 Å². The SMILES string of the molecule is [2H]C([2H])([2H])NC(CC)C(=O)c1ccc2c(c1)OCO2. The molecule has 1 unspecified atom stereocenters. The number of Topliss-reactive ketones (excluding diaryl/α,β-unsaturated/α-hetero) is 1. The Morgan fingerprint density at radius 1 is 1.56 bits per heavy atom. The molecule has 0 bridgehead atoms. The third-order valence-corrected chi connectivity index (χ3v) is 2.56. The molecule has 0 aliphatic carbocycles. The molecule has 1 aromatic carbocycles. The van der Waals surface area contributed by atoms with Gasteiger partial charge in [0.25, 0.3) is 0 Å². The largest absolute Gasteiger partial charge is 0.454 e. The van der Waals surface area contributed by atoms with Crippen molar-refractivity contribution in [1.29, 1.82) is 0 Å². The van der Waals surface area contributed by atoms with Gasteiger partial charge in [0, 0.05) is 9.68 Å². The van der Waals surface area contributed by atoms with Gasteiger partial charge in [-0.25, -0.2) is 0 Å². The summed E-state index contributed by atoms with van der Waals surface area (Å²) in [5.74, 6) is 0.833. The van der Waals surface area contributed by atoms with Crippen molar-refractivity contribution in [2.45, 2.75) is 19.4 Å². The van der Waals surface area contributed by atoms with Crippen LogP contribution in [0.1, 0.15) is 27.8 Å². The highest BCUT2D eigenvalue weighted by atomic mass is 16.7. The van der Waals surface area contributed by atoms with E-state index in [2.05, 4.69) is 5.32 Å². The lowest BCUT2D eigenvalue weighted by Gasteiger charge is -2.12. The fourth-order valence-corrected chi connectivity index (χ4v) is 1.60. The molecule has 1 heterocycles. The van der Waals surface area contributed by atoms with Crippen LogP contribution in [-0.2, 0) is 0 Å². The first-order valence-electron chi connectivity index (χ1n) is 6.62. The fourth-order valence-electron chi connectivity index (χ4n) is 1.60. The van der Waals surface area contributed by atoms with Crippen LogP contribution in [-0.4, -0.2) is 25.6 Å². The van der Waals surface area contributed by atoms with Gasteiger partial charge in [-0.2, -0.15) is 0 Å². The second-order valence-electron chi connectivity index (χ2n) is 3.54. The molecule has 0 radical (unpaired) electrons. The van der Waals surface area contributed by atoms with Crippen molar-refractivity contribution >= 4 is 5.78 Å². The third-order valence-electron chi connectivity index (χ3n) is 2.56. The molecule has 4 nitrogen and oxygen atoms in total. The van der Waals surface area contributed by atoms with E-state index in [0.717, 1.165) is 0 Å². The van der Waals surface area contributed by atoms with Gasteiger partial charge in [0.2, 0.25) is 6.79 Å². The van der Waals surface area contributed by atoms with E-state index >= 15 is 0 Å². The number of ether oxygens (including phenoxy) is 2. The van der Waals surface area contributed by atoms with Crippen LogP contribution in [0.25, 0.3) is 0 Å². The van der Waals surface area contributed by atoms with Gasteiger partial charge in [0.05, 0.1) is 6.04 Å². The number of hydrogen-bond donors (Lipinski definition) is 1. The van der Waals surface area contributed by atoms with Crippen molar-refractivity contribution < 1.29 is 18.4 Å². The van der Waals surface area contributed by atoms with Gasteiger partial charge < -0.3 is 14.8 Å². The molecule has 1 atom stereocenters. The molecule has 16 heavy (non-hydrogen) atoms. The molecule has 0 saturated heterocycles. The predicted octanol–water partition coefficient (Wildman–Crippen LogP) is 1.60. The van der Waals surface area contributed by atoms with Gasteiger partial charge in [-0.05, 0) is 31.6 Å². The number of benzene rings is 1. The monoisotopic (exact) mass is 224 g/mol. The zero-order valence-corrected chi connectivity index (χ0v) is 8.95. The Hall–Kier alpha value is -1.55. The van der Waals surface area contributed by atoms with E-state index in [1.54, 1.807) is 25.1 Å². The summed E-state index contributed by atoms with van der Waals surface area (Å²) in [6, 6.07) is 4.10. The number of likely N-dealkylation sites (N-methyl/N-ethyl adjacent to an activating group) is 1. The Kier molecular flexibility index (Phi) is 2.17. The lowest BCUT2D eigenvalue weighted by Crippen LogP contribution is -2.33. The van der Waals surface area contributed by atoms with E-state index in [9.17, 15) is 4.79 Å². The standard InChI is InChI=1S/C12H15NO3/c1-3-9(13-2)12(14)8-4-5-10-11(6-8)16-7-15-10/h4-6,9,13H,3,7H2,1-2H3/i2D3. The number of carbonyl (C=O) groups excluding carboxylic acids is 1. The number of rotatable bonds is 4. The number of nitrogens with one attached hydrogen (secondary N) is 1. The number of fused-ring (bicyclic) bond motifs is 1. The molecule has 1 aliphatic rings. The zero-order valence-electron chi connectivity index (χ0n) is 11.9. The minimum absolute atomic E-state index is 0.137. The van der Waals surface area contributed by atoms with Crippen LogP contribution in [0, 0.1) is 0 Å². The number of ketones is 1. The lowest BCUT2D eigenvalue weighted by atomic mass is 10.0. The first kappa shape index (κ1) is 7.68. The van der Waals surface area contributed by atoms with E-state index < -0.39 is 13.0 Å². The third kappa shape index (κ3) is 1.88. The molecule has 0 saturated carbocycles. The molecular weight excluding hydrogens is 206 g/mol. The molecule has 1 aliphatic heterocycles. The van der Waals surface area contributed by atoms with E-state index in [-0.39, 0.29) is 12.6 Å². The van der Waals surface area contributed by atoms with Crippen molar-refractivity contribution in [2.24, 2.45) is 0 Å². The highest BCUT2D eigenvalue weighted by Crippen LogP contribution is 2.32. The van der Waals surface area contributed by atoms with Crippen LogP contribution >= 0.6 is 0 Å². The van der Waals surface area contributed by atoms with Crippen LogP contribution < -0.4 is 14.8 Å².